The van der Waals surface area contributed by atoms with Gasteiger partial charge < -0.3 is 38.7 Å². The Labute approximate surface area is 211 Å². The predicted octanol–water partition coefficient (Wildman–Crippen LogP) is 2.86. The lowest BCUT2D eigenvalue weighted by Gasteiger charge is -2.28. The van der Waals surface area contributed by atoms with Crippen molar-refractivity contribution in [1.29, 1.82) is 5.26 Å². The van der Waals surface area contributed by atoms with Gasteiger partial charge in [0.2, 0.25) is 11.6 Å². The van der Waals surface area contributed by atoms with Gasteiger partial charge in [0.15, 0.2) is 17.2 Å². The van der Waals surface area contributed by atoms with E-state index >= 15 is 0 Å². The van der Waals surface area contributed by atoms with Crippen LogP contribution in [0.4, 0.5) is 4.79 Å². The van der Waals surface area contributed by atoms with Crippen LogP contribution in [-0.4, -0.2) is 51.5 Å². The van der Waals surface area contributed by atoms with Crippen molar-refractivity contribution in [2.24, 2.45) is 5.73 Å². The number of para-hydroxylation sites is 1. The number of rotatable bonds is 4. The monoisotopic (exact) mass is 505 g/mol. The number of carbonyl (C=O) groups excluding carboxylic acids is 1. The van der Waals surface area contributed by atoms with Crippen LogP contribution in [0.5, 0.6) is 23.0 Å². The van der Waals surface area contributed by atoms with Crippen molar-refractivity contribution in [3.63, 3.8) is 0 Å². The van der Waals surface area contributed by atoms with Gasteiger partial charge in [-0.05, 0) is 29.8 Å². The van der Waals surface area contributed by atoms with Crippen LogP contribution >= 0.6 is 0 Å². The number of hydrogen-bond donors (Lipinski definition) is 1. The summed E-state index contributed by atoms with van der Waals surface area (Å²) < 4.78 is 33.3. The second-order valence-electron chi connectivity index (χ2n) is 8.28. The van der Waals surface area contributed by atoms with Crippen LogP contribution in [0.2, 0.25) is 0 Å². The Hall–Kier alpha value is -4.69. The molecule has 0 aliphatic carbocycles. The van der Waals surface area contributed by atoms with E-state index in [0.29, 0.717) is 42.8 Å². The molecule has 1 saturated heterocycles. The van der Waals surface area contributed by atoms with Gasteiger partial charge in [0, 0.05) is 13.1 Å². The Bertz CT molecular complexity index is 1490. The summed E-state index contributed by atoms with van der Waals surface area (Å²) in [5.74, 6) is -0.527. The molecule has 1 amide bonds. The largest absolute Gasteiger partial charge is 0.493 e. The van der Waals surface area contributed by atoms with Crippen LogP contribution in [0.3, 0.4) is 0 Å². The molecule has 3 aromatic rings. The quantitative estimate of drug-likeness (QED) is 0.525. The van der Waals surface area contributed by atoms with Crippen molar-refractivity contribution < 1.29 is 32.9 Å². The van der Waals surface area contributed by atoms with E-state index in [4.69, 9.17) is 33.8 Å². The molecule has 0 spiro atoms. The van der Waals surface area contributed by atoms with Gasteiger partial charge in [0.05, 0.1) is 44.3 Å². The fraction of sp³-hybridized carbons (Fsp3) is 0.269. The van der Waals surface area contributed by atoms with Crippen molar-refractivity contribution in [2.45, 2.75) is 5.92 Å². The minimum atomic E-state index is -0.957. The molecule has 5 rings (SSSR count). The van der Waals surface area contributed by atoms with E-state index in [9.17, 15) is 14.9 Å². The smallest absolute Gasteiger partial charge is 0.415 e. The second kappa shape index (κ2) is 9.75. The van der Waals surface area contributed by atoms with Crippen LogP contribution in [-0.2, 0) is 4.74 Å². The van der Waals surface area contributed by atoms with Crippen molar-refractivity contribution in [3.05, 3.63) is 69.4 Å². The highest BCUT2D eigenvalue weighted by atomic mass is 16.6. The highest BCUT2D eigenvalue weighted by molar-refractivity contribution is 5.86. The third-order valence-electron chi connectivity index (χ3n) is 6.25. The summed E-state index contributed by atoms with van der Waals surface area (Å²) in [6.45, 7) is 1.60. The third kappa shape index (κ3) is 4.17. The molecule has 1 atom stereocenters. The number of fused-ring (bicyclic) bond motifs is 3. The van der Waals surface area contributed by atoms with E-state index in [1.54, 1.807) is 36.4 Å². The summed E-state index contributed by atoms with van der Waals surface area (Å²) in [5.41, 5.74) is 6.32. The third-order valence-corrected chi connectivity index (χ3v) is 6.25. The summed E-state index contributed by atoms with van der Waals surface area (Å²) in [6, 6.07) is 12.0. The summed E-state index contributed by atoms with van der Waals surface area (Å²) in [4.78, 5) is 27.4. The summed E-state index contributed by atoms with van der Waals surface area (Å²) in [5, 5.41) is 10.5. The summed E-state index contributed by atoms with van der Waals surface area (Å²) >= 11 is 0. The molecular weight excluding hydrogens is 482 g/mol. The van der Waals surface area contributed by atoms with Gasteiger partial charge >= 0.3 is 11.7 Å². The number of morpholine rings is 1. The fourth-order valence-corrected chi connectivity index (χ4v) is 4.46. The Morgan fingerprint density at radius 3 is 2.46 bits per heavy atom. The first kappa shape index (κ1) is 24.0. The predicted molar refractivity (Wildman–Crippen MR) is 130 cm³/mol. The summed E-state index contributed by atoms with van der Waals surface area (Å²) in [7, 11) is 2.81. The normalized spacial score (nSPS) is 17.0. The number of carbonyl (C=O) groups is 1. The maximum atomic E-state index is 13.2. The number of allylic oxidation sites excluding steroid dienone is 1. The van der Waals surface area contributed by atoms with Crippen LogP contribution in [0.1, 0.15) is 17.0 Å². The molecule has 2 aliphatic heterocycles. The van der Waals surface area contributed by atoms with E-state index in [2.05, 4.69) is 0 Å². The lowest BCUT2D eigenvalue weighted by molar-refractivity contribution is 0.0411. The van der Waals surface area contributed by atoms with E-state index < -0.39 is 17.6 Å². The number of nitriles is 1. The maximum Gasteiger partial charge on any atom is 0.415 e. The lowest BCUT2D eigenvalue weighted by atomic mass is 9.83. The van der Waals surface area contributed by atoms with Crippen LogP contribution in [0.15, 0.2) is 57.1 Å². The molecule has 190 valence electrons. The van der Waals surface area contributed by atoms with Crippen LogP contribution in [0, 0.1) is 11.3 Å². The number of nitrogens with zero attached hydrogens (tertiary/aromatic N) is 2. The molecule has 0 saturated carbocycles. The second-order valence-corrected chi connectivity index (χ2v) is 8.28. The molecule has 0 unspecified atom stereocenters. The van der Waals surface area contributed by atoms with Crippen LogP contribution < -0.4 is 30.3 Å². The fourth-order valence-electron chi connectivity index (χ4n) is 4.46. The average Bonchev–Trinajstić information content (AvgIpc) is 2.92. The Morgan fingerprint density at radius 2 is 1.81 bits per heavy atom. The van der Waals surface area contributed by atoms with Crippen LogP contribution in [0.25, 0.3) is 11.0 Å². The molecular formula is C26H23N3O8. The number of benzene rings is 2. The molecule has 0 bridgehead atoms. The zero-order valence-electron chi connectivity index (χ0n) is 20.1. The molecule has 2 aliphatic rings. The van der Waals surface area contributed by atoms with Gasteiger partial charge in [-0.3, -0.25) is 0 Å². The van der Waals surface area contributed by atoms with Gasteiger partial charge in [-0.2, -0.15) is 5.26 Å². The number of methoxy groups -OCH3 is 2. The first-order chi connectivity index (χ1) is 18.0. The molecule has 1 aromatic heterocycles. The number of nitrogens with two attached hydrogens (primary N) is 1. The minimum Gasteiger partial charge on any atom is -0.493 e. The topological polar surface area (TPSA) is 146 Å². The maximum absolute atomic E-state index is 13.2. The Morgan fingerprint density at radius 1 is 1.14 bits per heavy atom. The summed E-state index contributed by atoms with van der Waals surface area (Å²) in [6.07, 6.45) is -0.585. The first-order valence-electron chi connectivity index (χ1n) is 11.4. The number of hydrogen-bond acceptors (Lipinski definition) is 10. The molecule has 2 aromatic carbocycles. The zero-order valence-corrected chi connectivity index (χ0v) is 20.1. The van der Waals surface area contributed by atoms with Gasteiger partial charge in [0.1, 0.15) is 17.2 Å². The molecule has 11 nitrogen and oxygen atoms in total. The van der Waals surface area contributed by atoms with Gasteiger partial charge in [-0.15, -0.1) is 0 Å². The van der Waals surface area contributed by atoms with Crippen molar-refractivity contribution in [1.82, 2.24) is 4.90 Å². The molecule has 2 N–H and O–H groups in total. The zero-order chi connectivity index (χ0) is 26.1. The average molecular weight is 505 g/mol. The van der Waals surface area contributed by atoms with Crippen molar-refractivity contribution >= 4 is 17.1 Å². The first-order valence-corrected chi connectivity index (χ1v) is 11.4. The van der Waals surface area contributed by atoms with E-state index in [1.807, 2.05) is 6.07 Å². The highest BCUT2D eigenvalue weighted by Gasteiger charge is 2.37. The van der Waals surface area contributed by atoms with Gasteiger partial charge in [-0.25, -0.2) is 9.59 Å². The Balaban J connectivity index is 1.65. The number of ether oxygens (including phenoxy) is 5. The molecule has 11 heteroatoms. The van der Waals surface area contributed by atoms with Gasteiger partial charge in [-0.1, -0.05) is 12.1 Å². The van der Waals surface area contributed by atoms with E-state index in [0.717, 1.165) is 0 Å². The standard InChI is InChI=1S/C26H23N3O8/c1-32-18-11-14(12-19(33-2)23(18)37-26(31)29-7-9-34-10-8-29)20-16(13-27)24(28)36-22-15-5-3-4-6-17(15)35-25(30)21(20)22/h3-6,11-12,20H,7-10,28H2,1-2H3/t20-/m0/s1. The van der Waals surface area contributed by atoms with Gasteiger partial charge in [0.25, 0.3) is 0 Å². The molecule has 3 heterocycles. The molecule has 1 fully saturated rings. The highest BCUT2D eigenvalue weighted by Crippen LogP contribution is 2.47. The van der Waals surface area contributed by atoms with Crippen molar-refractivity contribution in [3.8, 4) is 29.1 Å². The van der Waals surface area contributed by atoms with Crippen molar-refractivity contribution in [2.75, 3.05) is 40.5 Å². The lowest BCUT2D eigenvalue weighted by Crippen LogP contribution is -2.42. The Kier molecular flexibility index (Phi) is 6.33. The number of amides is 1. The van der Waals surface area contributed by atoms with E-state index in [1.165, 1.54) is 19.1 Å². The van der Waals surface area contributed by atoms with E-state index in [-0.39, 0.29) is 40.0 Å². The molecule has 0 radical (unpaired) electrons. The minimum absolute atomic E-state index is 0.0113. The molecule has 37 heavy (non-hydrogen) atoms. The SMILES string of the molecule is COc1cc([C@H]2C(C#N)=C(N)Oc3c2c(=O)oc2ccccc32)cc(OC)c1OC(=O)N1CCOCC1.